The van der Waals surface area contributed by atoms with E-state index in [-0.39, 0.29) is 17.0 Å². The number of carbonyl (C=O) groups excluding carboxylic acids is 1. The number of carbonyl (C=O) groups is 1. The zero-order chi connectivity index (χ0) is 21.8. The van der Waals surface area contributed by atoms with Crippen molar-refractivity contribution in [3.05, 3.63) is 66.0 Å². The van der Waals surface area contributed by atoms with Crippen LogP contribution in [-0.4, -0.2) is 43.9 Å². The van der Waals surface area contributed by atoms with Crippen LogP contribution in [0.2, 0.25) is 0 Å². The topological polar surface area (TPSA) is 51.0 Å². The number of likely N-dealkylation sites (tertiary alicyclic amines) is 1. The molecule has 0 radical (unpaired) electrons. The van der Waals surface area contributed by atoms with E-state index >= 15 is 0 Å². The normalized spacial score (nSPS) is 15.8. The number of amides is 1. The van der Waals surface area contributed by atoms with E-state index in [1.54, 1.807) is 18.2 Å². The Hall–Kier alpha value is -2.67. The molecule has 1 fully saturated rings. The van der Waals surface area contributed by atoms with Crippen LogP contribution in [0.3, 0.4) is 0 Å². The summed E-state index contributed by atoms with van der Waals surface area (Å²) in [6.45, 7) is 6.26. The standard InChI is InChI=1S/C24H27FN4OS/c1-17-12-14-28(15-13-17)23(30)18(2)31-24-27-26-22(20-10-6-7-11-21(20)25)29(24)16-19-8-4-3-5-9-19/h3-11,17-18H,12-16H2,1-2H3. The van der Waals surface area contributed by atoms with E-state index in [9.17, 15) is 9.18 Å². The van der Waals surface area contributed by atoms with Gasteiger partial charge in [-0.15, -0.1) is 10.2 Å². The molecule has 0 bridgehead atoms. The molecule has 0 spiro atoms. The Morgan fingerprint density at radius 1 is 1.10 bits per heavy atom. The molecule has 2 aromatic carbocycles. The molecule has 1 aliphatic heterocycles. The number of hydrogen-bond donors (Lipinski definition) is 0. The van der Waals surface area contributed by atoms with E-state index in [1.165, 1.54) is 17.8 Å². The number of benzene rings is 2. The van der Waals surface area contributed by atoms with Crippen molar-refractivity contribution < 1.29 is 9.18 Å². The fourth-order valence-corrected chi connectivity index (χ4v) is 4.75. The first-order chi connectivity index (χ1) is 15.0. The molecule has 1 saturated heterocycles. The van der Waals surface area contributed by atoms with Gasteiger partial charge >= 0.3 is 0 Å². The maximum atomic E-state index is 14.5. The SMILES string of the molecule is CC1CCN(C(=O)C(C)Sc2nnc(-c3ccccc3F)n2Cc2ccccc2)CC1. The van der Waals surface area contributed by atoms with Gasteiger partial charge < -0.3 is 4.90 Å². The first-order valence-corrected chi connectivity index (χ1v) is 11.6. The number of halogens is 1. The van der Waals surface area contributed by atoms with Crippen LogP contribution in [0.4, 0.5) is 4.39 Å². The highest BCUT2D eigenvalue weighted by atomic mass is 32.2. The number of aromatic nitrogens is 3. The molecule has 1 aliphatic rings. The number of hydrogen-bond acceptors (Lipinski definition) is 4. The summed E-state index contributed by atoms with van der Waals surface area (Å²) in [6, 6.07) is 16.5. The van der Waals surface area contributed by atoms with Gasteiger partial charge in [0.1, 0.15) is 5.82 Å². The Morgan fingerprint density at radius 3 is 2.48 bits per heavy atom. The molecule has 1 amide bonds. The van der Waals surface area contributed by atoms with Crippen molar-refractivity contribution in [1.29, 1.82) is 0 Å². The van der Waals surface area contributed by atoms with Gasteiger partial charge in [0.2, 0.25) is 5.91 Å². The average Bonchev–Trinajstić information content (AvgIpc) is 3.16. The van der Waals surface area contributed by atoms with Crippen molar-refractivity contribution in [2.75, 3.05) is 13.1 Å². The van der Waals surface area contributed by atoms with Gasteiger partial charge in [0, 0.05) is 13.1 Å². The van der Waals surface area contributed by atoms with Crippen LogP contribution in [0, 0.1) is 11.7 Å². The van der Waals surface area contributed by atoms with Crippen LogP contribution in [0.15, 0.2) is 59.8 Å². The molecule has 1 unspecified atom stereocenters. The fraction of sp³-hybridized carbons (Fsp3) is 0.375. The monoisotopic (exact) mass is 438 g/mol. The first kappa shape index (κ1) is 21.6. The van der Waals surface area contributed by atoms with Crippen molar-refractivity contribution in [2.24, 2.45) is 5.92 Å². The lowest BCUT2D eigenvalue weighted by molar-refractivity contribution is -0.131. The number of piperidine rings is 1. The third-order valence-electron chi connectivity index (χ3n) is 5.74. The smallest absolute Gasteiger partial charge is 0.235 e. The molecule has 5 nitrogen and oxygen atoms in total. The third-order valence-corrected chi connectivity index (χ3v) is 6.81. The van der Waals surface area contributed by atoms with Gasteiger partial charge in [0.25, 0.3) is 0 Å². The Labute approximate surface area is 186 Å². The van der Waals surface area contributed by atoms with E-state index in [0.717, 1.165) is 31.5 Å². The summed E-state index contributed by atoms with van der Waals surface area (Å²) in [7, 11) is 0. The lowest BCUT2D eigenvalue weighted by Crippen LogP contribution is -2.41. The van der Waals surface area contributed by atoms with E-state index in [4.69, 9.17) is 0 Å². The van der Waals surface area contributed by atoms with Gasteiger partial charge in [0.15, 0.2) is 11.0 Å². The molecule has 31 heavy (non-hydrogen) atoms. The van der Waals surface area contributed by atoms with Crippen LogP contribution in [0.1, 0.15) is 32.3 Å². The van der Waals surface area contributed by atoms with Crippen LogP contribution in [-0.2, 0) is 11.3 Å². The Balaban J connectivity index is 1.61. The highest BCUT2D eigenvalue weighted by Crippen LogP contribution is 2.30. The molecule has 3 aromatic rings. The molecule has 1 atom stereocenters. The number of nitrogens with zero attached hydrogens (tertiary/aromatic N) is 4. The molecule has 0 N–H and O–H groups in total. The van der Waals surface area contributed by atoms with E-state index in [2.05, 4.69) is 17.1 Å². The highest BCUT2D eigenvalue weighted by Gasteiger charge is 2.27. The van der Waals surface area contributed by atoms with Gasteiger partial charge in [-0.3, -0.25) is 9.36 Å². The highest BCUT2D eigenvalue weighted by molar-refractivity contribution is 8.00. The summed E-state index contributed by atoms with van der Waals surface area (Å²) in [6.07, 6.45) is 2.09. The summed E-state index contributed by atoms with van der Waals surface area (Å²) < 4.78 is 16.4. The maximum absolute atomic E-state index is 14.5. The molecule has 0 aliphatic carbocycles. The van der Waals surface area contributed by atoms with Gasteiger partial charge in [-0.25, -0.2) is 4.39 Å². The largest absolute Gasteiger partial charge is 0.342 e. The molecule has 0 saturated carbocycles. The second kappa shape index (κ2) is 9.64. The van der Waals surface area contributed by atoms with Crippen molar-refractivity contribution in [3.63, 3.8) is 0 Å². The van der Waals surface area contributed by atoms with E-state index < -0.39 is 0 Å². The first-order valence-electron chi connectivity index (χ1n) is 10.7. The van der Waals surface area contributed by atoms with Crippen molar-refractivity contribution >= 4 is 17.7 Å². The van der Waals surface area contributed by atoms with Crippen LogP contribution >= 0.6 is 11.8 Å². The zero-order valence-corrected chi connectivity index (χ0v) is 18.7. The summed E-state index contributed by atoms with van der Waals surface area (Å²) in [5.41, 5.74) is 1.47. The summed E-state index contributed by atoms with van der Waals surface area (Å²) >= 11 is 1.39. The summed E-state index contributed by atoms with van der Waals surface area (Å²) in [5.74, 6) is 0.922. The van der Waals surface area contributed by atoms with Crippen molar-refractivity contribution in [2.45, 2.75) is 43.6 Å². The predicted octanol–water partition coefficient (Wildman–Crippen LogP) is 4.87. The molecule has 1 aromatic heterocycles. The Morgan fingerprint density at radius 2 is 1.77 bits per heavy atom. The Kier molecular flexibility index (Phi) is 6.70. The van der Waals surface area contributed by atoms with E-state index in [0.29, 0.717) is 29.0 Å². The molecule has 162 valence electrons. The predicted molar refractivity (Wildman–Crippen MR) is 121 cm³/mol. The lowest BCUT2D eigenvalue weighted by atomic mass is 9.99. The lowest BCUT2D eigenvalue weighted by Gasteiger charge is -2.32. The fourth-order valence-electron chi connectivity index (χ4n) is 3.82. The van der Waals surface area contributed by atoms with Crippen LogP contribution in [0.25, 0.3) is 11.4 Å². The molecule has 7 heteroatoms. The molecule has 2 heterocycles. The second-order valence-corrected chi connectivity index (χ2v) is 9.43. The average molecular weight is 439 g/mol. The van der Waals surface area contributed by atoms with Crippen molar-refractivity contribution in [1.82, 2.24) is 19.7 Å². The number of rotatable bonds is 6. The minimum absolute atomic E-state index is 0.124. The van der Waals surface area contributed by atoms with Crippen molar-refractivity contribution in [3.8, 4) is 11.4 Å². The van der Waals surface area contributed by atoms with Gasteiger partial charge in [-0.1, -0.05) is 61.2 Å². The maximum Gasteiger partial charge on any atom is 0.235 e. The zero-order valence-electron chi connectivity index (χ0n) is 17.9. The molecular weight excluding hydrogens is 411 g/mol. The van der Waals surface area contributed by atoms with Gasteiger partial charge in [-0.2, -0.15) is 0 Å². The number of thioether (sulfide) groups is 1. The molecular formula is C24H27FN4OS. The minimum Gasteiger partial charge on any atom is -0.342 e. The van der Waals surface area contributed by atoms with Crippen LogP contribution in [0.5, 0.6) is 0 Å². The van der Waals surface area contributed by atoms with E-state index in [1.807, 2.05) is 46.7 Å². The third kappa shape index (κ3) is 4.98. The molecule has 4 rings (SSSR count). The van der Waals surface area contributed by atoms with Gasteiger partial charge in [0.05, 0.1) is 17.4 Å². The quantitative estimate of drug-likeness (QED) is 0.515. The minimum atomic E-state index is -0.340. The Bertz CT molecular complexity index is 1030. The van der Waals surface area contributed by atoms with Gasteiger partial charge in [-0.05, 0) is 43.4 Å². The summed E-state index contributed by atoms with van der Waals surface area (Å²) in [5, 5.41) is 8.98. The summed E-state index contributed by atoms with van der Waals surface area (Å²) in [4.78, 5) is 14.9. The van der Waals surface area contributed by atoms with Crippen LogP contribution < -0.4 is 0 Å². The second-order valence-electron chi connectivity index (χ2n) is 8.13.